The molecule has 3 N–H and O–H groups in total. The molecule has 0 saturated heterocycles. The third kappa shape index (κ3) is 3.77. The van der Waals surface area contributed by atoms with E-state index in [-0.39, 0.29) is 5.41 Å². The SMILES string of the molecule is CC(C)(CC1CC1)CC(N)C(=O)O. The average Bonchev–Trinajstić information content (AvgIpc) is 2.69. The fourth-order valence-corrected chi connectivity index (χ4v) is 1.87. The van der Waals surface area contributed by atoms with Gasteiger partial charge in [0.25, 0.3) is 0 Å². The molecule has 0 spiro atoms. The number of rotatable bonds is 5. The van der Waals surface area contributed by atoms with Crippen LogP contribution in [0.2, 0.25) is 0 Å². The minimum atomic E-state index is -0.885. The van der Waals surface area contributed by atoms with Crippen LogP contribution < -0.4 is 5.73 Å². The minimum absolute atomic E-state index is 0.0823. The van der Waals surface area contributed by atoms with E-state index < -0.39 is 12.0 Å². The predicted molar refractivity (Wildman–Crippen MR) is 51.4 cm³/mol. The Hall–Kier alpha value is -0.570. The van der Waals surface area contributed by atoms with Crippen molar-refractivity contribution in [2.24, 2.45) is 17.1 Å². The maximum Gasteiger partial charge on any atom is 0.320 e. The van der Waals surface area contributed by atoms with Crippen LogP contribution in [0.25, 0.3) is 0 Å². The van der Waals surface area contributed by atoms with Gasteiger partial charge in [0.2, 0.25) is 0 Å². The van der Waals surface area contributed by atoms with Crippen LogP contribution in [0.1, 0.15) is 39.5 Å². The summed E-state index contributed by atoms with van der Waals surface area (Å²) in [5, 5.41) is 8.67. The van der Waals surface area contributed by atoms with Gasteiger partial charge in [0.1, 0.15) is 6.04 Å². The normalized spacial score (nSPS) is 19.9. The first-order valence-electron chi connectivity index (χ1n) is 4.89. The second-order valence-electron chi connectivity index (χ2n) is 4.96. The Morgan fingerprint density at radius 2 is 2.15 bits per heavy atom. The van der Waals surface area contributed by atoms with Gasteiger partial charge in [-0.15, -0.1) is 0 Å². The Kier molecular flexibility index (Phi) is 2.96. The van der Waals surface area contributed by atoms with Gasteiger partial charge in [0, 0.05) is 0 Å². The van der Waals surface area contributed by atoms with Crippen molar-refractivity contribution < 1.29 is 9.90 Å². The van der Waals surface area contributed by atoms with Crippen LogP contribution in [0.15, 0.2) is 0 Å². The highest BCUT2D eigenvalue weighted by Gasteiger charge is 2.32. The second kappa shape index (κ2) is 3.66. The van der Waals surface area contributed by atoms with Gasteiger partial charge in [-0.05, 0) is 24.2 Å². The third-order valence-corrected chi connectivity index (χ3v) is 2.63. The zero-order valence-electron chi connectivity index (χ0n) is 8.42. The van der Waals surface area contributed by atoms with Crippen LogP contribution in [-0.2, 0) is 4.79 Å². The molecule has 0 aromatic carbocycles. The van der Waals surface area contributed by atoms with E-state index in [2.05, 4.69) is 13.8 Å². The fourth-order valence-electron chi connectivity index (χ4n) is 1.87. The van der Waals surface area contributed by atoms with E-state index in [1.54, 1.807) is 0 Å². The molecule has 0 aliphatic heterocycles. The van der Waals surface area contributed by atoms with Crippen LogP contribution in [0.3, 0.4) is 0 Å². The quantitative estimate of drug-likeness (QED) is 0.684. The molecule has 1 atom stereocenters. The lowest BCUT2D eigenvalue weighted by atomic mass is 9.81. The standard InChI is InChI=1S/C10H19NO2/c1-10(2,5-7-3-4-7)6-8(11)9(12)13/h7-8H,3-6,11H2,1-2H3,(H,12,13). The minimum Gasteiger partial charge on any atom is -0.480 e. The molecule has 0 aromatic heterocycles. The molecular weight excluding hydrogens is 166 g/mol. The van der Waals surface area contributed by atoms with Crippen molar-refractivity contribution in [3.8, 4) is 0 Å². The van der Waals surface area contributed by atoms with Gasteiger partial charge < -0.3 is 10.8 Å². The number of carboxylic acids is 1. The Balaban J connectivity index is 2.34. The van der Waals surface area contributed by atoms with Crippen LogP contribution >= 0.6 is 0 Å². The van der Waals surface area contributed by atoms with Crippen molar-refractivity contribution in [2.45, 2.75) is 45.6 Å². The fraction of sp³-hybridized carbons (Fsp3) is 0.900. The van der Waals surface area contributed by atoms with Gasteiger partial charge in [0.15, 0.2) is 0 Å². The average molecular weight is 185 g/mol. The highest BCUT2D eigenvalue weighted by atomic mass is 16.4. The molecule has 3 nitrogen and oxygen atoms in total. The molecule has 1 fully saturated rings. The van der Waals surface area contributed by atoms with Gasteiger partial charge in [-0.3, -0.25) is 4.79 Å². The summed E-state index contributed by atoms with van der Waals surface area (Å²) in [6.45, 7) is 4.21. The van der Waals surface area contributed by atoms with Gasteiger partial charge >= 0.3 is 5.97 Å². The van der Waals surface area contributed by atoms with Crippen LogP contribution in [0, 0.1) is 11.3 Å². The van der Waals surface area contributed by atoms with Crippen molar-refractivity contribution in [1.82, 2.24) is 0 Å². The maximum absolute atomic E-state index is 10.6. The Bertz CT molecular complexity index is 197. The summed E-state index contributed by atoms with van der Waals surface area (Å²) in [4.78, 5) is 10.6. The molecule has 0 radical (unpaired) electrons. The molecule has 3 heteroatoms. The number of nitrogens with two attached hydrogens (primary N) is 1. The van der Waals surface area contributed by atoms with E-state index in [1.165, 1.54) is 12.8 Å². The van der Waals surface area contributed by atoms with Crippen molar-refractivity contribution >= 4 is 5.97 Å². The summed E-state index contributed by atoms with van der Waals surface area (Å²) in [7, 11) is 0. The summed E-state index contributed by atoms with van der Waals surface area (Å²) in [6, 6.07) is -0.700. The monoisotopic (exact) mass is 185 g/mol. The predicted octanol–water partition coefficient (Wildman–Crippen LogP) is 1.61. The molecule has 1 saturated carbocycles. The lowest BCUT2D eigenvalue weighted by Gasteiger charge is -2.26. The van der Waals surface area contributed by atoms with Gasteiger partial charge in [-0.2, -0.15) is 0 Å². The van der Waals surface area contributed by atoms with Crippen molar-refractivity contribution in [1.29, 1.82) is 0 Å². The Morgan fingerprint density at radius 3 is 2.54 bits per heavy atom. The third-order valence-electron chi connectivity index (χ3n) is 2.63. The van der Waals surface area contributed by atoms with Gasteiger partial charge in [-0.1, -0.05) is 26.7 Å². The summed E-state index contributed by atoms with van der Waals surface area (Å²) < 4.78 is 0. The van der Waals surface area contributed by atoms with E-state index in [0.717, 1.165) is 12.3 Å². The van der Waals surface area contributed by atoms with Crippen LogP contribution in [0.4, 0.5) is 0 Å². The van der Waals surface area contributed by atoms with E-state index in [4.69, 9.17) is 10.8 Å². The summed E-state index contributed by atoms with van der Waals surface area (Å²) >= 11 is 0. The summed E-state index contributed by atoms with van der Waals surface area (Å²) in [5.41, 5.74) is 5.58. The van der Waals surface area contributed by atoms with Gasteiger partial charge in [-0.25, -0.2) is 0 Å². The van der Waals surface area contributed by atoms with E-state index in [0.29, 0.717) is 6.42 Å². The summed E-state index contributed by atoms with van der Waals surface area (Å²) in [6.07, 6.45) is 4.32. The zero-order valence-corrected chi connectivity index (χ0v) is 8.42. The Morgan fingerprint density at radius 1 is 1.62 bits per heavy atom. The number of carbonyl (C=O) groups is 1. The first-order chi connectivity index (χ1) is 5.91. The molecular formula is C10H19NO2. The molecule has 1 rings (SSSR count). The molecule has 0 heterocycles. The number of hydrogen-bond donors (Lipinski definition) is 2. The molecule has 13 heavy (non-hydrogen) atoms. The number of carboxylic acid groups (broad SMARTS) is 1. The smallest absolute Gasteiger partial charge is 0.320 e. The molecule has 76 valence electrons. The number of hydrogen-bond acceptors (Lipinski definition) is 2. The first kappa shape index (κ1) is 10.5. The van der Waals surface area contributed by atoms with E-state index >= 15 is 0 Å². The van der Waals surface area contributed by atoms with Crippen molar-refractivity contribution in [3.05, 3.63) is 0 Å². The molecule has 1 aliphatic carbocycles. The maximum atomic E-state index is 10.6. The largest absolute Gasteiger partial charge is 0.480 e. The topological polar surface area (TPSA) is 63.3 Å². The van der Waals surface area contributed by atoms with Crippen LogP contribution in [0.5, 0.6) is 0 Å². The van der Waals surface area contributed by atoms with E-state index in [1.807, 2.05) is 0 Å². The molecule has 0 amide bonds. The Labute approximate surface area is 79.3 Å². The zero-order chi connectivity index (χ0) is 10.1. The molecule has 0 bridgehead atoms. The lowest BCUT2D eigenvalue weighted by molar-refractivity contribution is -0.139. The van der Waals surface area contributed by atoms with Crippen LogP contribution in [-0.4, -0.2) is 17.1 Å². The summed E-state index contributed by atoms with van der Waals surface area (Å²) in [5.74, 6) is -0.0557. The first-order valence-corrected chi connectivity index (χ1v) is 4.89. The van der Waals surface area contributed by atoms with Crippen molar-refractivity contribution in [2.75, 3.05) is 0 Å². The molecule has 0 aromatic rings. The highest BCUT2D eigenvalue weighted by molar-refractivity contribution is 5.73. The highest BCUT2D eigenvalue weighted by Crippen LogP contribution is 2.41. The van der Waals surface area contributed by atoms with E-state index in [9.17, 15) is 4.79 Å². The molecule has 1 unspecified atom stereocenters. The second-order valence-corrected chi connectivity index (χ2v) is 4.96. The lowest BCUT2D eigenvalue weighted by Crippen LogP contribution is -2.35. The number of aliphatic carboxylic acids is 1. The van der Waals surface area contributed by atoms with Crippen molar-refractivity contribution in [3.63, 3.8) is 0 Å². The molecule has 1 aliphatic rings. The van der Waals surface area contributed by atoms with Gasteiger partial charge in [0.05, 0.1) is 0 Å².